The van der Waals surface area contributed by atoms with Gasteiger partial charge in [0.25, 0.3) is 0 Å². The molecule has 4 rings (SSSR count). The topological polar surface area (TPSA) is 53.0 Å². The maximum atomic E-state index is 14.0. The molecular weight excluding hydrogens is 426 g/mol. The number of likely N-dealkylation sites (N-methyl/N-ethyl adjacent to an activating group) is 1. The minimum absolute atomic E-state index is 0.0361. The van der Waals surface area contributed by atoms with Crippen LogP contribution in [0.3, 0.4) is 0 Å². The molecule has 0 radical (unpaired) electrons. The fourth-order valence-electron chi connectivity index (χ4n) is 6.17. The zero-order valence-corrected chi connectivity index (χ0v) is 19.4. The lowest BCUT2D eigenvalue weighted by molar-refractivity contribution is -0.144. The monoisotopic (exact) mass is 458 g/mol. The van der Waals surface area contributed by atoms with Gasteiger partial charge in [-0.05, 0) is 63.5 Å². The van der Waals surface area contributed by atoms with E-state index in [9.17, 15) is 18.7 Å². The van der Waals surface area contributed by atoms with Gasteiger partial charge in [0.1, 0.15) is 12.4 Å². The Morgan fingerprint density at radius 3 is 2.64 bits per heavy atom. The molecule has 1 N–H and O–H groups in total. The van der Waals surface area contributed by atoms with E-state index in [1.54, 1.807) is 30.3 Å². The number of rotatable bonds is 6. The maximum Gasteiger partial charge on any atom is 0.161 e. The molecule has 0 amide bonds. The van der Waals surface area contributed by atoms with Gasteiger partial charge in [-0.15, -0.1) is 0 Å². The summed E-state index contributed by atoms with van der Waals surface area (Å²) < 4.78 is 34.1. The number of carbonyl (C=O) groups excluding carboxylic acids is 1. The molecule has 2 aromatic carbocycles. The molecule has 1 aliphatic carbocycles. The van der Waals surface area contributed by atoms with Gasteiger partial charge in [0.05, 0.1) is 6.04 Å². The molecule has 2 aliphatic rings. The zero-order valence-electron chi connectivity index (χ0n) is 19.4. The van der Waals surface area contributed by atoms with Crippen LogP contribution in [-0.2, 0) is 4.79 Å². The van der Waals surface area contributed by atoms with Crippen molar-refractivity contribution in [2.45, 2.75) is 50.8 Å². The first-order valence-electron chi connectivity index (χ1n) is 11.6. The fraction of sp³-hybridized carbons (Fsp3) is 0.500. The predicted molar refractivity (Wildman–Crippen MR) is 124 cm³/mol. The molecule has 2 fully saturated rings. The van der Waals surface area contributed by atoms with Crippen LogP contribution in [0, 0.1) is 23.0 Å². The van der Waals surface area contributed by atoms with Crippen LogP contribution in [0.5, 0.6) is 11.5 Å². The second-order valence-electron chi connectivity index (χ2n) is 9.40. The smallest absolute Gasteiger partial charge is 0.161 e. The summed E-state index contributed by atoms with van der Waals surface area (Å²) in [6, 6.07) is 10.6. The van der Waals surface area contributed by atoms with E-state index in [1.165, 1.54) is 6.07 Å². The molecule has 33 heavy (non-hydrogen) atoms. The molecule has 4 unspecified atom stereocenters. The molecule has 2 aromatic rings. The van der Waals surface area contributed by atoms with E-state index < -0.39 is 23.2 Å². The summed E-state index contributed by atoms with van der Waals surface area (Å²) in [4.78, 5) is 16.9. The van der Waals surface area contributed by atoms with E-state index in [4.69, 9.17) is 4.74 Å². The van der Waals surface area contributed by atoms with Gasteiger partial charge in [0.15, 0.2) is 23.1 Å². The number of para-hydroxylation sites is 2. The number of aldehydes is 1. The quantitative estimate of drug-likeness (QED) is 0.640. The van der Waals surface area contributed by atoms with Crippen molar-refractivity contribution < 1.29 is 23.4 Å². The second-order valence-corrected chi connectivity index (χ2v) is 9.40. The van der Waals surface area contributed by atoms with Crippen molar-refractivity contribution >= 4 is 12.0 Å². The van der Waals surface area contributed by atoms with E-state index in [0.29, 0.717) is 24.3 Å². The number of hydrogen-bond donors (Lipinski definition) is 1. The van der Waals surface area contributed by atoms with E-state index in [0.717, 1.165) is 31.7 Å². The highest BCUT2D eigenvalue weighted by Gasteiger charge is 2.57. The standard InChI is InChI=1S/C26H32F2N2O3/c1-4-24-26(16-31)13-11-21(30(3)17-9-10-19(27)20(28)15-17)25(18(26)12-14-29(24)2)33-23-8-6-5-7-22(23)32/h5-10,15-16,18,21,24-25,32H,4,11-14H2,1-3H3/t18?,21?,24?,25-,26?/m1/s1. The van der Waals surface area contributed by atoms with Gasteiger partial charge in [-0.2, -0.15) is 0 Å². The number of nitrogens with zero attached hydrogens (tertiary/aromatic N) is 2. The number of hydrogen-bond acceptors (Lipinski definition) is 5. The first-order valence-corrected chi connectivity index (χ1v) is 11.6. The van der Waals surface area contributed by atoms with Crippen molar-refractivity contribution in [1.29, 1.82) is 0 Å². The average molecular weight is 459 g/mol. The highest BCUT2D eigenvalue weighted by atomic mass is 19.2. The molecule has 178 valence electrons. The molecule has 1 saturated carbocycles. The van der Waals surface area contributed by atoms with Gasteiger partial charge in [-0.1, -0.05) is 19.1 Å². The van der Waals surface area contributed by atoms with E-state index >= 15 is 0 Å². The molecule has 0 aromatic heterocycles. The lowest BCUT2D eigenvalue weighted by atomic mass is 9.56. The lowest BCUT2D eigenvalue weighted by Crippen LogP contribution is -2.66. The van der Waals surface area contributed by atoms with Gasteiger partial charge in [0.2, 0.25) is 0 Å². The number of fused-ring (bicyclic) bond motifs is 1. The van der Waals surface area contributed by atoms with Crippen LogP contribution >= 0.6 is 0 Å². The number of aromatic hydroxyl groups is 1. The van der Waals surface area contributed by atoms with Crippen LogP contribution in [0.1, 0.15) is 32.6 Å². The van der Waals surface area contributed by atoms with Gasteiger partial charge in [0, 0.05) is 36.2 Å². The van der Waals surface area contributed by atoms with Crippen molar-refractivity contribution in [2.24, 2.45) is 11.3 Å². The molecule has 0 bridgehead atoms. The largest absolute Gasteiger partial charge is 0.504 e. The maximum absolute atomic E-state index is 14.0. The van der Waals surface area contributed by atoms with Crippen LogP contribution in [0.4, 0.5) is 14.5 Å². The minimum atomic E-state index is -0.902. The van der Waals surface area contributed by atoms with Crippen molar-refractivity contribution in [1.82, 2.24) is 4.90 Å². The van der Waals surface area contributed by atoms with E-state index in [2.05, 4.69) is 18.9 Å². The first kappa shape index (κ1) is 23.5. The van der Waals surface area contributed by atoms with Crippen molar-refractivity contribution in [3.63, 3.8) is 0 Å². The van der Waals surface area contributed by atoms with Crippen LogP contribution < -0.4 is 9.64 Å². The first-order chi connectivity index (χ1) is 15.8. The molecule has 5 atom stereocenters. The highest BCUT2D eigenvalue weighted by molar-refractivity contribution is 5.63. The third kappa shape index (κ3) is 4.07. The zero-order chi connectivity index (χ0) is 23.8. The molecule has 1 heterocycles. The number of piperidine rings is 1. The molecular formula is C26H32F2N2O3. The summed E-state index contributed by atoms with van der Waals surface area (Å²) in [7, 11) is 3.91. The van der Waals surface area contributed by atoms with Gasteiger partial charge >= 0.3 is 0 Å². The fourth-order valence-corrected chi connectivity index (χ4v) is 6.17. The number of halogens is 2. The van der Waals surface area contributed by atoms with Crippen molar-refractivity contribution in [3.8, 4) is 11.5 Å². The van der Waals surface area contributed by atoms with Gasteiger partial charge in [-0.3, -0.25) is 0 Å². The number of benzene rings is 2. The van der Waals surface area contributed by atoms with Gasteiger partial charge in [-0.25, -0.2) is 8.78 Å². The molecule has 7 heteroatoms. The molecule has 1 saturated heterocycles. The van der Waals surface area contributed by atoms with Crippen molar-refractivity contribution in [3.05, 3.63) is 54.1 Å². The SMILES string of the molecule is CCC1N(C)CCC2[C@@H](Oc3ccccc3O)C(N(C)c3ccc(F)c(F)c3)CCC21C=O. The Hall–Kier alpha value is -2.67. The van der Waals surface area contributed by atoms with Gasteiger partial charge < -0.3 is 24.4 Å². The summed E-state index contributed by atoms with van der Waals surface area (Å²) in [6.07, 6.45) is 3.65. The normalized spacial score (nSPS) is 29.8. The highest BCUT2D eigenvalue weighted by Crippen LogP contribution is 2.52. The summed E-state index contributed by atoms with van der Waals surface area (Å²) in [5.74, 6) is -1.48. The van der Waals surface area contributed by atoms with Crippen LogP contribution in [0.25, 0.3) is 0 Å². The third-order valence-corrected chi connectivity index (χ3v) is 7.83. The molecule has 0 spiro atoms. The van der Waals surface area contributed by atoms with E-state index in [1.807, 2.05) is 11.9 Å². The van der Waals surface area contributed by atoms with Crippen molar-refractivity contribution in [2.75, 3.05) is 25.5 Å². The number of carbonyl (C=O) groups is 1. The Labute approximate surface area is 194 Å². The molecule has 5 nitrogen and oxygen atoms in total. The Kier molecular flexibility index (Phi) is 6.61. The number of anilines is 1. The van der Waals surface area contributed by atoms with E-state index in [-0.39, 0.29) is 23.8 Å². The minimum Gasteiger partial charge on any atom is -0.504 e. The number of likely N-dealkylation sites (tertiary alicyclic amines) is 1. The Balaban J connectivity index is 1.76. The predicted octanol–water partition coefficient (Wildman–Crippen LogP) is 4.63. The second kappa shape index (κ2) is 9.29. The summed E-state index contributed by atoms with van der Waals surface area (Å²) >= 11 is 0. The summed E-state index contributed by atoms with van der Waals surface area (Å²) in [6.45, 7) is 2.94. The number of phenols is 1. The summed E-state index contributed by atoms with van der Waals surface area (Å²) in [5.41, 5.74) is -0.0225. The molecule has 1 aliphatic heterocycles. The average Bonchev–Trinajstić information content (AvgIpc) is 2.81. The Morgan fingerprint density at radius 1 is 1.21 bits per heavy atom. The Bertz CT molecular complexity index is 1000. The number of phenolic OH excluding ortho intramolecular Hbond substituents is 1. The third-order valence-electron chi connectivity index (χ3n) is 7.83. The number of ether oxygens (including phenoxy) is 1. The van der Waals surface area contributed by atoms with Crippen LogP contribution in [0.15, 0.2) is 42.5 Å². The van der Waals surface area contributed by atoms with Crippen LogP contribution in [-0.4, -0.2) is 55.1 Å². The Morgan fingerprint density at radius 2 is 1.97 bits per heavy atom. The van der Waals surface area contributed by atoms with Crippen LogP contribution in [0.2, 0.25) is 0 Å². The summed E-state index contributed by atoms with van der Waals surface area (Å²) in [5, 5.41) is 10.4. The lowest BCUT2D eigenvalue weighted by Gasteiger charge is -2.58.